The van der Waals surface area contributed by atoms with E-state index in [1.165, 1.54) is 13.3 Å². The fourth-order valence-corrected chi connectivity index (χ4v) is 2.38. The Balaban J connectivity index is 2.11. The summed E-state index contributed by atoms with van der Waals surface area (Å²) in [7, 11) is 4.63. The molecule has 126 valence electrons. The number of hydrazone groups is 1. The van der Waals surface area contributed by atoms with Gasteiger partial charge in [0.2, 0.25) is 0 Å². The molecule has 0 radical (unpaired) electrons. The van der Waals surface area contributed by atoms with Gasteiger partial charge in [0.25, 0.3) is 5.91 Å². The smallest absolute Gasteiger partial charge is 0.275 e. The lowest BCUT2D eigenvalue weighted by molar-refractivity contribution is 0.0952. The van der Waals surface area contributed by atoms with Gasteiger partial charge < -0.3 is 14.2 Å². The monoisotopic (exact) mass is 392 g/mol. The van der Waals surface area contributed by atoms with E-state index in [0.717, 1.165) is 10.0 Å². The molecule has 0 bridgehead atoms. The molecule has 24 heavy (non-hydrogen) atoms. The van der Waals surface area contributed by atoms with Crippen molar-refractivity contribution in [2.75, 3.05) is 21.3 Å². The topological polar surface area (TPSA) is 69.2 Å². The van der Waals surface area contributed by atoms with Gasteiger partial charge in [-0.3, -0.25) is 4.79 Å². The van der Waals surface area contributed by atoms with Crippen LogP contribution in [0.2, 0.25) is 0 Å². The van der Waals surface area contributed by atoms with Crippen molar-refractivity contribution in [1.82, 2.24) is 5.43 Å². The van der Waals surface area contributed by atoms with E-state index in [2.05, 4.69) is 26.5 Å². The van der Waals surface area contributed by atoms with Gasteiger partial charge in [0.05, 0.1) is 33.1 Å². The Morgan fingerprint density at radius 3 is 2.33 bits per heavy atom. The summed E-state index contributed by atoms with van der Waals surface area (Å²) < 4.78 is 16.3. The van der Waals surface area contributed by atoms with E-state index in [0.29, 0.717) is 22.8 Å². The van der Waals surface area contributed by atoms with Crippen molar-refractivity contribution in [1.29, 1.82) is 0 Å². The number of halogens is 1. The van der Waals surface area contributed by atoms with Gasteiger partial charge in [-0.2, -0.15) is 5.10 Å². The highest BCUT2D eigenvalue weighted by atomic mass is 79.9. The summed E-state index contributed by atoms with van der Waals surface area (Å²) in [4.78, 5) is 12.2. The van der Waals surface area contributed by atoms with E-state index < -0.39 is 0 Å². The first-order chi connectivity index (χ1) is 11.6. The van der Waals surface area contributed by atoms with Crippen molar-refractivity contribution in [3.05, 3.63) is 52.0 Å². The van der Waals surface area contributed by atoms with Crippen molar-refractivity contribution >= 4 is 28.1 Å². The fraction of sp³-hybridized carbons (Fsp3) is 0.176. The fourth-order valence-electron chi connectivity index (χ4n) is 2.02. The number of nitrogens with zero attached hydrogens (tertiary/aromatic N) is 1. The van der Waals surface area contributed by atoms with Crippen LogP contribution >= 0.6 is 15.9 Å². The first kappa shape index (κ1) is 17.8. The van der Waals surface area contributed by atoms with E-state index in [1.54, 1.807) is 50.6 Å². The zero-order chi connectivity index (χ0) is 17.5. The molecule has 6 nitrogen and oxygen atoms in total. The summed E-state index contributed by atoms with van der Waals surface area (Å²) in [5, 5.41) is 3.96. The van der Waals surface area contributed by atoms with E-state index in [4.69, 9.17) is 14.2 Å². The summed E-state index contributed by atoms with van der Waals surface area (Å²) in [5.74, 6) is 1.31. The molecular weight excluding hydrogens is 376 g/mol. The Hall–Kier alpha value is -2.54. The Bertz CT molecular complexity index is 762. The molecule has 2 aromatic carbocycles. The standard InChI is InChI=1S/C17H17BrN2O4/c1-22-14-7-5-12(18)9-13(14)17(21)20-19-10-11-4-6-15(23-2)16(8-11)24-3/h4-10H,1-3H3,(H,20,21). The Morgan fingerprint density at radius 1 is 1.00 bits per heavy atom. The average Bonchev–Trinajstić information content (AvgIpc) is 2.61. The highest BCUT2D eigenvalue weighted by molar-refractivity contribution is 9.10. The lowest BCUT2D eigenvalue weighted by atomic mass is 10.2. The van der Waals surface area contributed by atoms with Gasteiger partial charge in [0, 0.05) is 4.47 Å². The third kappa shape index (κ3) is 4.26. The molecular formula is C17H17BrN2O4. The average molecular weight is 393 g/mol. The number of ether oxygens (including phenoxy) is 3. The number of methoxy groups -OCH3 is 3. The summed E-state index contributed by atoms with van der Waals surface area (Å²) in [6, 6.07) is 10.5. The number of nitrogens with one attached hydrogen (secondary N) is 1. The molecule has 0 aliphatic heterocycles. The number of benzene rings is 2. The highest BCUT2D eigenvalue weighted by Crippen LogP contribution is 2.27. The molecule has 1 N–H and O–H groups in total. The van der Waals surface area contributed by atoms with Crippen LogP contribution < -0.4 is 19.6 Å². The molecule has 2 aromatic rings. The molecule has 7 heteroatoms. The van der Waals surface area contributed by atoms with Crippen LogP contribution in [-0.2, 0) is 0 Å². The number of hydrogen-bond acceptors (Lipinski definition) is 5. The molecule has 1 amide bonds. The van der Waals surface area contributed by atoms with E-state index in [9.17, 15) is 4.79 Å². The molecule has 0 unspecified atom stereocenters. The molecule has 0 aliphatic carbocycles. The van der Waals surface area contributed by atoms with E-state index >= 15 is 0 Å². The molecule has 2 rings (SSSR count). The predicted octanol–water partition coefficient (Wildman–Crippen LogP) is 3.24. The Labute approximate surface area is 148 Å². The van der Waals surface area contributed by atoms with E-state index in [1.807, 2.05) is 0 Å². The lowest BCUT2D eigenvalue weighted by Gasteiger charge is -2.08. The predicted molar refractivity (Wildman–Crippen MR) is 95.3 cm³/mol. The maximum absolute atomic E-state index is 12.2. The van der Waals surface area contributed by atoms with Gasteiger partial charge >= 0.3 is 0 Å². The van der Waals surface area contributed by atoms with Crippen molar-refractivity contribution in [3.8, 4) is 17.2 Å². The van der Waals surface area contributed by atoms with Crippen molar-refractivity contribution < 1.29 is 19.0 Å². The van der Waals surface area contributed by atoms with Crippen molar-refractivity contribution in [2.24, 2.45) is 5.10 Å². The molecule has 0 saturated carbocycles. The number of carbonyl (C=O) groups is 1. The minimum absolute atomic E-state index is 0.370. The Morgan fingerprint density at radius 2 is 1.67 bits per heavy atom. The number of amides is 1. The van der Waals surface area contributed by atoms with Crippen LogP contribution in [0, 0.1) is 0 Å². The highest BCUT2D eigenvalue weighted by Gasteiger charge is 2.12. The first-order valence-electron chi connectivity index (χ1n) is 6.98. The molecule has 0 spiro atoms. The minimum Gasteiger partial charge on any atom is -0.496 e. The van der Waals surface area contributed by atoms with Crippen LogP contribution in [0.3, 0.4) is 0 Å². The normalized spacial score (nSPS) is 10.5. The van der Waals surface area contributed by atoms with Gasteiger partial charge in [0.15, 0.2) is 11.5 Å². The van der Waals surface area contributed by atoms with Crippen LogP contribution in [0.1, 0.15) is 15.9 Å². The molecule has 0 heterocycles. The van der Waals surface area contributed by atoms with Crippen LogP contribution in [0.25, 0.3) is 0 Å². The second kappa shape index (κ2) is 8.35. The van der Waals surface area contributed by atoms with Gasteiger partial charge in [-0.05, 0) is 42.0 Å². The first-order valence-corrected chi connectivity index (χ1v) is 7.77. The maximum atomic E-state index is 12.2. The summed E-state index contributed by atoms with van der Waals surface area (Å²) in [6.07, 6.45) is 1.52. The third-order valence-electron chi connectivity index (χ3n) is 3.19. The molecule has 0 atom stereocenters. The minimum atomic E-state index is -0.370. The number of hydrogen-bond donors (Lipinski definition) is 1. The van der Waals surface area contributed by atoms with Crippen LogP contribution in [-0.4, -0.2) is 33.5 Å². The van der Waals surface area contributed by atoms with Gasteiger partial charge in [-0.25, -0.2) is 5.43 Å². The zero-order valence-corrected chi connectivity index (χ0v) is 15.1. The lowest BCUT2D eigenvalue weighted by Crippen LogP contribution is -2.18. The zero-order valence-electron chi connectivity index (χ0n) is 13.5. The van der Waals surface area contributed by atoms with Crippen molar-refractivity contribution in [3.63, 3.8) is 0 Å². The largest absolute Gasteiger partial charge is 0.496 e. The van der Waals surface area contributed by atoms with Crippen molar-refractivity contribution in [2.45, 2.75) is 0 Å². The van der Waals surface area contributed by atoms with Crippen LogP contribution in [0.15, 0.2) is 46.0 Å². The van der Waals surface area contributed by atoms with Crippen LogP contribution in [0.5, 0.6) is 17.2 Å². The Kier molecular flexibility index (Phi) is 6.20. The van der Waals surface area contributed by atoms with E-state index in [-0.39, 0.29) is 5.91 Å². The van der Waals surface area contributed by atoms with Gasteiger partial charge in [0.1, 0.15) is 5.75 Å². The number of carbonyl (C=O) groups excluding carboxylic acids is 1. The third-order valence-corrected chi connectivity index (χ3v) is 3.69. The quantitative estimate of drug-likeness (QED) is 0.605. The summed E-state index contributed by atoms with van der Waals surface area (Å²) >= 11 is 3.33. The molecule has 0 aliphatic rings. The second-order valence-electron chi connectivity index (χ2n) is 4.66. The molecule has 0 aromatic heterocycles. The van der Waals surface area contributed by atoms with Gasteiger partial charge in [-0.15, -0.1) is 0 Å². The summed E-state index contributed by atoms with van der Waals surface area (Å²) in [5.41, 5.74) is 3.62. The molecule has 0 saturated heterocycles. The SMILES string of the molecule is COc1ccc(C=NNC(=O)c2cc(Br)ccc2OC)cc1OC. The van der Waals surface area contributed by atoms with Gasteiger partial charge in [-0.1, -0.05) is 15.9 Å². The second-order valence-corrected chi connectivity index (χ2v) is 5.57. The molecule has 0 fully saturated rings. The maximum Gasteiger partial charge on any atom is 0.275 e. The summed E-state index contributed by atoms with van der Waals surface area (Å²) in [6.45, 7) is 0. The van der Waals surface area contributed by atoms with Crippen LogP contribution in [0.4, 0.5) is 0 Å². The number of rotatable bonds is 6.